The molecule has 0 spiro atoms. The maximum atomic E-state index is 15.2. The molecule has 32 heavy (non-hydrogen) atoms. The second-order valence-electron chi connectivity index (χ2n) is 7.77. The third kappa shape index (κ3) is 3.29. The molecule has 1 aliphatic rings. The van der Waals surface area contributed by atoms with Gasteiger partial charge in [-0.3, -0.25) is 14.9 Å². The molecule has 1 amide bonds. The molecule has 1 saturated carbocycles. The van der Waals surface area contributed by atoms with Crippen molar-refractivity contribution in [2.45, 2.75) is 31.7 Å². The molecule has 0 radical (unpaired) electrons. The molecule has 5 rings (SSSR count). The van der Waals surface area contributed by atoms with Crippen molar-refractivity contribution in [2.75, 3.05) is 5.32 Å². The molecular weight excluding hydrogens is 446 g/mol. The van der Waals surface area contributed by atoms with Gasteiger partial charge in [0, 0.05) is 22.7 Å². The smallest absolute Gasteiger partial charge is 0.231 e. The van der Waals surface area contributed by atoms with Crippen LogP contribution in [0.25, 0.3) is 27.8 Å². The first-order valence-electron chi connectivity index (χ1n) is 9.76. The Morgan fingerprint density at radius 1 is 1.38 bits per heavy atom. The van der Waals surface area contributed by atoms with Crippen LogP contribution in [-0.2, 0) is 4.79 Å². The van der Waals surface area contributed by atoms with E-state index in [0.717, 1.165) is 0 Å². The summed E-state index contributed by atoms with van der Waals surface area (Å²) in [6.07, 6.45) is 2.23. The zero-order chi connectivity index (χ0) is 22.7. The Labute approximate surface area is 184 Å². The average molecular weight is 463 g/mol. The summed E-state index contributed by atoms with van der Waals surface area (Å²) in [5.41, 5.74) is 0.904. The summed E-state index contributed by atoms with van der Waals surface area (Å²) < 4.78 is 29.8. The Hall–Kier alpha value is -3.15. The van der Waals surface area contributed by atoms with Gasteiger partial charge in [0.2, 0.25) is 5.91 Å². The summed E-state index contributed by atoms with van der Waals surface area (Å²) in [5, 5.41) is 29.3. The Morgan fingerprint density at radius 3 is 2.81 bits per heavy atom. The van der Waals surface area contributed by atoms with Gasteiger partial charge in [0.15, 0.2) is 17.3 Å². The number of imidazole rings is 1. The van der Waals surface area contributed by atoms with E-state index in [-0.39, 0.29) is 39.6 Å². The van der Waals surface area contributed by atoms with Crippen LogP contribution < -0.4 is 5.32 Å². The molecule has 166 valence electrons. The summed E-state index contributed by atoms with van der Waals surface area (Å²) >= 11 is 6.33. The first kappa shape index (κ1) is 20.7. The van der Waals surface area contributed by atoms with Gasteiger partial charge in [-0.1, -0.05) is 11.6 Å². The van der Waals surface area contributed by atoms with Crippen LogP contribution >= 0.6 is 11.6 Å². The van der Waals surface area contributed by atoms with Gasteiger partial charge in [-0.2, -0.15) is 5.10 Å². The first-order chi connectivity index (χ1) is 15.3. The van der Waals surface area contributed by atoms with Gasteiger partial charge < -0.3 is 19.9 Å². The first-order valence-corrected chi connectivity index (χ1v) is 10.1. The number of benzene rings is 1. The maximum absolute atomic E-state index is 15.2. The fraction of sp³-hybridized carbons (Fsp3) is 0.300. The maximum Gasteiger partial charge on any atom is 0.231 e. The van der Waals surface area contributed by atoms with Crippen molar-refractivity contribution >= 4 is 39.9 Å². The number of anilines is 1. The fourth-order valence-electron chi connectivity index (χ4n) is 3.65. The van der Waals surface area contributed by atoms with E-state index in [1.54, 1.807) is 10.6 Å². The number of aromatic nitrogens is 5. The van der Waals surface area contributed by atoms with Crippen LogP contribution in [-0.4, -0.2) is 53.0 Å². The second kappa shape index (κ2) is 7.47. The van der Waals surface area contributed by atoms with E-state index >= 15 is 4.39 Å². The zero-order valence-electron chi connectivity index (χ0n) is 16.6. The van der Waals surface area contributed by atoms with Crippen molar-refractivity contribution in [3.8, 4) is 11.3 Å². The van der Waals surface area contributed by atoms with Crippen LogP contribution in [0.5, 0.6) is 0 Å². The number of halogens is 3. The molecule has 9 nitrogen and oxygen atoms in total. The quantitative estimate of drug-likeness (QED) is 0.361. The number of fused-ring (bicyclic) bond motifs is 2. The predicted molar refractivity (Wildman–Crippen MR) is 111 cm³/mol. The lowest BCUT2D eigenvalue weighted by Crippen LogP contribution is -2.16. The van der Waals surface area contributed by atoms with E-state index in [1.807, 2.05) is 0 Å². The van der Waals surface area contributed by atoms with E-state index in [4.69, 9.17) is 11.6 Å². The van der Waals surface area contributed by atoms with Gasteiger partial charge in [-0.05, 0) is 13.3 Å². The molecule has 4 aromatic rings. The standard InChI is InChI=1S/C20H17ClF2N6O3/c1-7(30)19(31)15-17(23)16(21)14(9-3-25-28-18(9)15)11-5-29-6-12(26-13(29)4-24-11)27-20(32)8-2-10(8)22/h3-8,10,19,30-31H,2H2,1H3,(H,25,28)(H,27,32)/t7-,8?,10?,19-/m1/s1. The minimum absolute atomic E-state index is 0.181. The number of amides is 1. The minimum atomic E-state index is -1.52. The molecule has 3 heterocycles. The highest BCUT2D eigenvalue weighted by molar-refractivity contribution is 6.35. The van der Waals surface area contributed by atoms with Crippen LogP contribution in [0.3, 0.4) is 0 Å². The summed E-state index contributed by atoms with van der Waals surface area (Å²) in [7, 11) is 0. The van der Waals surface area contributed by atoms with Gasteiger partial charge >= 0.3 is 0 Å². The van der Waals surface area contributed by atoms with Crippen LogP contribution in [0.2, 0.25) is 5.02 Å². The second-order valence-corrected chi connectivity index (χ2v) is 8.15. The van der Waals surface area contributed by atoms with Crippen molar-refractivity contribution < 1.29 is 23.8 Å². The third-order valence-corrected chi connectivity index (χ3v) is 5.83. The SMILES string of the molecule is C[C@@H](O)[C@@H](O)c1c(F)c(Cl)c(-c2cn3cc(NC(=O)C4CC4F)nc3cn2)c2cn[nH]c12. The number of nitrogens with one attached hydrogen (secondary N) is 2. The third-order valence-electron chi connectivity index (χ3n) is 5.48. The van der Waals surface area contributed by atoms with Crippen LogP contribution in [0, 0.1) is 11.7 Å². The summed E-state index contributed by atoms with van der Waals surface area (Å²) in [6.45, 7) is 1.33. The number of aromatic amines is 1. The molecular formula is C20H17ClF2N6O3. The molecule has 1 aromatic carbocycles. The number of aliphatic hydroxyl groups is 2. The molecule has 1 aliphatic carbocycles. The zero-order valence-corrected chi connectivity index (χ0v) is 17.3. The highest BCUT2D eigenvalue weighted by Crippen LogP contribution is 2.41. The number of alkyl halides is 1. The summed E-state index contributed by atoms with van der Waals surface area (Å²) in [5.74, 6) is -1.77. The summed E-state index contributed by atoms with van der Waals surface area (Å²) in [6, 6.07) is 0. The van der Waals surface area contributed by atoms with Gasteiger partial charge in [0.05, 0.1) is 46.8 Å². The number of hydrogen-bond acceptors (Lipinski definition) is 6. The van der Waals surface area contributed by atoms with E-state index in [9.17, 15) is 19.4 Å². The van der Waals surface area contributed by atoms with Gasteiger partial charge in [0.25, 0.3) is 0 Å². The fourth-order valence-corrected chi connectivity index (χ4v) is 3.95. The number of carbonyl (C=O) groups is 1. The van der Waals surface area contributed by atoms with Gasteiger partial charge in [-0.15, -0.1) is 0 Å². The normalized spacial score (nSPS) is 19.9. The van der Waals surface area contributed by atoms with E-state index in [2.05, 4.69) is 25.5 Å². The van der Waals surface area contributed by atoms with E-state index in [0.29, 0.717) is 11.0 Å². The van der Waals surface area contributed by atoms with Crippen molar-refractivity contribution in [3.05, 3.63) is 41.2 Å². The molecule has 12 heteroatoms. The van der Waals surface area contributed by atoms with Gasteiger partial charge in [0.1, 0.15) is 12.3 Å². The molecule has 0 saturated heterocycles. The number of aliphatic hydroxyl groups excluding tert-OH is 2. The van der Waals surface area contributed by atoms with Crippen molar-refractivity contribution in [1.82, 2.24) is 24.6 Å². The van der Waals surface area contributed by atoms with Crippen LogP contribution in [0.15, 0.2) is 24.8 Å². The van der Waals surface area contributed by atoms with Crippen molar-refractivity contribution in [2.24, 2.45) is 5.92 Å². The number of hydrogen-bond donors (Lipinski definition) is 4. The van der Waals surface area contributed by atoms with Crippen molar-refractivity contribution in [1.29, 1.82) is 0 Å². The molecule has 0 bridgehead atoms. The lowest BCUT2D eigenvalue weighted by atomic mass is 9.97. The monoisotopic (exact) mass is 462 g/mol. The van der Waals surface area contributed by atoms with E-state index < -0.39 is 36.0 Å². The topological polar surface area (TPSA) is 128 Å². The molecule has 3 aromatic heterocycles. The Kier molecular flexibility index (Phi) is 4.84. The lowest BCUT2D eigenvalue weighted by molar-refractivity contribution is -0.117. The Morgan fingerprint density at radius 2 is 2.12 bits per heavy atom. The lowest BCUT2D eigenvalue weighted by Gasteiger charge is -2.18. The Balaban J connectivity index is 1.58. The van der Waals surface area contributed by atoms with Crippen molar-refractivity contribution in [3.63, 3.8) is 0 Å². The number of nitrogens with zero attached hydrogens (tertiary/aromatic N) is 4. The molecule has 1 fully saturated rings. The molecule has 4 atom stereocenters. The molecule has 2 unspecified atom stereocenters. The summed E-state index contributed by atoms with van der Waals surface area (Å²) in [4.78, 5) is 20.5. The van der Waals surface area contributed by atoms with E-state index in [1.165, 1.54) is 25.5 Å². The predicted octanol–water partition coefficient (Wildman–Crippen LogP) is 2.78. The molecule has 0 aliphatic heterocycles. The van der Waals surface area contributed by atoms with Gasteiger partial charge in [-0.25, -0.2) is 13.8 Å². The minimum Gasteiger partial charge on any atom is -0.390 e. The van der Waals surface area contributed by atoms with Crippen LogP contribution in [0.1, 0.15) is 25.0 Å². The number of rotatable bonds is 5. The molecule has 4 N–H and O–H groups in total. The average Bonchev–Trinajstić information content (AvgIpc) is 3.11. The highest BCUT2D eigenvalue weighted by Gasteiger charge is 2.43. The Bertz CT molecular complexity index is 1370. The number of carbonyl (C=O) groups excluding carboxylic acids is 1. The highest BCUT2D eigenvalue weighted by atomic mass is 35.5. The van der Waals surface area contributed by atoms with Crippen LogP contribution in [0.4, 0.5) is 14.6 Å². The number of H-pyrrole nitrogens is 1. The largest absolute Gasteiger partial charge is 0.390 e.